The molecule has 0 spiro atoms. The number of rotatable bonds is 4. The Hall–Kier alpha value is -1.88. The van der Waals surface area contributed by atoms with Gasteiger partial charge in [0.05, 0.1) is 5.92 Å². The van der Waals surface area contributed by atoms with E-state index in [0.717, 1.165) is 19.3 Å². The number of carbonyl (C=O) groups is 3. The van der Waals surface area contributed by atoms with E-state index in [1.165, 1.54) is 0 Å². The highest BCUT2D eigenvalue weighted by Crippen LogP contribution is 2.40. The standard InChI is InChI=1S/C19H22ClNO4/c1-11(18(23)21-16-7-5-15(20)6-8-16)25-19(24)14-9-12-3-2-4-13(10-14)17(12)22/h5-8,11-14H,2-4,9-10H2,1H3,(H,21,23)/t11-,12-,13+,14?/m1/s1. The summed E-state index contributed by atoms with van der Waals surface area (Å²) >= 11 is 5.81. The van der Waals surface area contributed by atoms with Crippen molar-refractivity contribution < 1.29 is 19.1 Å². The second kappa shape index (κ2) is 7.56. The summed E-state index contributed by atoms with van der Waals surface area (Å²) < 4.78 is 5.36. The molecule has 0 heterocycles. The zero-order valence-corrected chi connectivity index (χ0v) is 14.9. The summed E-state index contributed by atoms with van der Waals surface area (Å²) in [7, 11) is 0. The van der Waals surface area contributed by atoms with Crippen LogP contribution < -0.4 is 5.32 Å². The maximum absolute atomic E-state index is 12.4. The molecule has 0 saturated heterocycles. The Labute approximate surface area is 152 Å². The minimum Gasteiger partial charge on any atom is -0.452 e. The van der Waals surface area contributed by atoms with E-state index in [1.807, 2.05) is 0 Å². The average molecular weight is 364 g/mol. The zero-order chi connectivity index (χ0) is 18.0. The number of halogens is 1. The number of anilines is 1. The van der Waals surface area contributed by atoms with Gasteiger partial charge in [-0.15, -0.1) is 0 Å². The monoisotopic (exact) mass is 363 g/mol. The lowest BCUT2D eigenvalue weighted by Crippen LogP contribution is -2.41. The van der Waals surface area contributed by atoms with Crippen LogP contribution in [0.2, 0.25) is 5.02 Å². The summed E-state index contributed by atoms with van der Waals surface area (Å²) in [6.07, 6.45) is 3.01. The molecule has 3 rings (SSSR count). The minimum atomic E-state index is -0.888. The predicted molar refractivity (Wildman–Crippen MR) is 94.2 cm³/mol. The third-order valence-electron chi connectivity index (χ3n) is 5.16. The molecule has 2 aliphatic rings. The highest BCUT2D eigenvalue weighted by Gasteiger charge is 2.42. The van der Waals surface area contributed by atoms with Gasteiger partial charge in [0.1, 0.15) is 5.78 Å². The van der Waals surface area contributed by atoms with Crippen LogP contribution in [0.15, 0.2) is 24.3 Å². The summed E-state index contributed by atoms with van der Waals surface area (Å²) in [6.45, 7) is 1.55. The van der Waals surface area contributed by atoms with Crippen molar-refractivity contribution in [3.8, 4) is 0 Å². The van der Waals surface area contributed by atoms with E-state index < -0.39 is 6.10 Å². The molecule has 0 aromatic heterocycles. The van der Waals surface area contributed by atoms with Gasteiger partial charge in [-0.05, 0) is 56.9 Å². The van der Waals surface area contributed by atoms with Gasteiger partial charge in [-0.3, -0.25) is 14.4 Å². The number of amides is 1. The summed E-state index contributed by atoms with van der Waals surface area (Å²) in [5, 5.41) is 3.27. The summed E-state index contributed by atoms with van der Waals surface area (Å²) in [6, 6.07) is 6.71. The van der Waals surface area contributed by atoms with Crippen molar-refractivity contribution in [2.45, 2.75) is 45.1 Å². The van der Waals surface area contributed by atoms with Crippen molar-refractivity contribution in [1.29, 1.82) is 0 Å². The average Bonchev–Trinajstić information content (AvgIpc) is 2.56. The van der Waals surface area contributed by atoms with Gasteiger partial charge in [0.15, 0.2) is 6.10 Å². The Morgan fingerprint density at radius 1 is 1.16 bits per heavy atom. The van der Waals surface area contributed by atoms with Crippen LogP contribution in [0.25, 0.3) is 0 Å². The van der Waals surface area contributed by atoms with E-state index in [2.05, 4.69) is 5.32 Å². The van der Waals surface area contributed by atoms with Crippen LogP contribution in [0.4, 0.5) is 5.69 Å². The van der Waals surface area contributed by atoms with Crippen LogP contribution in [-0.4, -0.2) is 23.8 Å². The molecule has 2 aliphatic carbocycles. The van der Waals surface area contributed by atoms with Crippen molar-refractivity contribution in [2.24, 2.45) is 17.8 Å². The molecular formula is C19H22ClNO4. The van der Waals surface area contributed by atoms with Gasteiger partial charge in [-0.2, -0.15) is 0 Å². The first-order valence-electron chi connectivity index (χ1n) is 8.74. The highest BCUT2D eigenvalue weighted by molar-refractivity contribution is 6.30. The molecular weight excluding hydrogens is 342 g/mol. The molecule has 0 radical (unpaired) electrons. The zero-order valence-electron chi connectivity index (χ0n) is 14.2. The second-order valence-electron chi connectivity index (χ2n) is 6.97. The molecule has 1 amide bonds. The van der Waals surface area contributed by atoms with E-state index in [1.54, 1.807) is 31.2 Å². The molecule has 1 unspecified atom stereocenters. The van der Waals surface area contributed by atoms with Crippen LogP contribution >= 0.6 is 11.6 Å². The minimum absolute atomic E-state index is 0.0109. The first-order chi connectivity index (χ1) is 11.9. The van der Waals surface area contributed by atoms with Crippen molar-refractivity contribution in [3.63, 3.8) is 0 Å². The number of nitrogens with one attached hydrogen (secondary N) is 1. The number of benzene rings is 1. The number of hydrogen-bond acceptors (Lipinski definition) is 4. The third-order valence-corrected chi connectivity index (χ3v) is 5.41. The number of Topliss-reactive ketones (excluding diaryl/α,β-unsaturated/α-hetero) is 1. The fourth-order valence-corrected chi connectivity index (χ4v) is 3.90. The molecule has 1 N–H and O–H groups in total. The van der Waals surface area contributed by atoms with E-state index in [4.69, 9.17) is 16.3 Å². The molecule has 1 aromatic carbocycles. The molecule has 6 heteroatoms. The third kappa shape index (κ3) is 4.21. The molecule has 1 aromatic rings. The van der Waals surface area contributed by atoms with Crippen molar-refractivity contribution in [3.05, 3.63) is 29.3 Å². The quantitative estimate of drug-likeness (QED) is 0.829. The molecule has 25 heavy (non-hydrogen) atoms. The van der Waals surface area contributed by atoms with Crippen LogP contribution in [-0.2, 0) is 19.1 Å². The number of carbonyl (C=O) groups excluding carboxylic acids is 3. The van der Waals surface area contributed by atoms with Crippen LogP contribution in [0.5, 0.6) is 0 Å². The molecule has 134 valence electrons. The number of fused-ring (bicyclic) bond motifs is 2. The van der Waals surface area contributed by atoms with E-state index >= 15 is 0 Å². The number of esters is 1. The van der Waals surface area contributed by atoms with Gasteiger partial charge in [-0.25, -0.2) is 0 Å². The van der Waals surface area contributed by atoms with Crippen molar-refractivity contribution >= 4 is 34.9 Å². The van der Waals surface area contributed by atoms with E-state index in [0.29, 0.717) is 29.3 Å². The first kappa shape index (κ1) is 17.9. The van der Waals surface area contributed by atoms with Crippen LogP contribution in [0.3, 0.4) is 0 Å². The molecule has 0 aliphatic heterocycles. The van der Waals surface area contributed by atoms with Gasteiger partial charge in [-0.1, -0.05) is 18.0 Å². The summed E-state index contributed by atoms with van der Waals surface area (Å²) in [5.74, 6) is -0.750. The number of hydrogen-bond donors (Lipinski definition) is 1. The largest absolute Gasteiger partial charge is 0.452 e. The Kier molecular flexibility index (Phi) is 5.42. The van der Waals surface area contributed by atoms with Gasteiger partial charge >= 0.3 is 5.97 Å². The predicted octanol–water partition coefficient (Wildman–Crippen LogP) is 3.61. The summed E-state index contributed by atoms with van der Waals surface area (Å²) in [4.78, 5) is 36.7. The topological polar surface area (TPSA) is 72.5 Å². The Morgan fingerprint density at radius 2 is 1.76 bits per heavy atom. The Balaban J connectivity index is 1.54. The number of ketones is 1. The SMILES string of the molecule is C[C@@H](OC(=O)C1C[C@H]2CCC[C@@H](C1)C2=O)C(=O)Nc1ccc(Cl)cc1. The fourth-order valence-electron chi connectivity index (χ4n) is 3.77. The van der Waals surface area contributed by atoms with Crippen molar-refractivity contribution in [2.75, 3.05) is 5.32 Å². The van der Waals surface area contributed by atoms with Gasteiger partial charge in [0.25, 0.3) is 5.91 Å². The van der Waals surface area contributed by atoms with E-state index in [9.17, 15) is 14.4 Å². The smallest absolute Gasteiger partial charge is 0.309 e. The normalized spacial score (nSPS) is 26.6. The maximum Gasteiger partial charge on any atom is 0.309 e. The van der Waals surface area contributed by atoms with Crippen molar-refractivity contribution in [1.82, 2.24) is 0 Å². The van der Waals surface area contributed by atoms with Crippen LogP contribution in [0, 0.1) is 17.8 Å². The lowest BCUT2D eigenvalue weighted by atomic mass is 9.67. The van der Waals surface area contributed by atoms with E-state index in [-0.39, 0.29) is 29.6 Å². The number of ether oxygens (including phenoxy) is 1. The molecule has 2 bridgehead atoms. The van der Waals surface area contributed by atoms with Crippen LogP contribution in [0.1, 0.15) is 39.0 Å². The Bertz CT molecular complexity index is 657. The lowest BCUT2D eigenvalue weighted by Gasteiger charge is -2.36. The molecule has 4 atom stereocenters. The summed E-state index contributed by atoms with van der Waals surface area (Å²) in [5.41, 5.74) is 0.593. The molecule has 5 nitrogen and oxygen atoms in total. The van der Waals surface area contributed by atoms with Gasteiger partial charge < -0.3 is 10.1 Å². The first-order valence-corrected chi connectivity index (χ1v) is 9.12. The fraction of sp³-hybridized carbons (Fsp3) is 0.526. The highest BCUT2D eigenvalue weighted by atomic mass is 35.5. The second-order valence-corrected chi connectivity index (χ2v) is 7.41. The Morgan fingerprint density at radius 3 is 2.36 bits per heavy atom. The molecule has 2 saturated carbocycles. The lowest BCUT2D eigenvalue weighted by molar-refractivity contribution is -0.161. The van der Waals surface area contributed by atoms with Gasteiger partial charge in [0, 0.05) is 22.5 Å². The molecule has 2 fully saturated rings. The van der Waals surface area contributed by atoms with Gasteiger partial charge in [0.2, 0.25) is 0 Å². The maximum atomic E-state index is 12.4.